The molecule has 1 aliphatic heterocycles. The first-order chi connectivity index (χ1) is 17.2. The van der Waals surface area contributed by atoms with Gasteiger partial charge < -0.3 is 5.11 Å². The molecule has 1 heterocycles. The van der Waals surface area contributed by atoms with Crippen molar-refractivity contribution in [3.05, 3.63) is 106 Å². The van der Waals surface area contributed by atoms with Gasteiger partial charge in [0.05, 0.1) is 16.9 Å². The van der Waals surface area contributed by atoms with Crippen LogP contribution in [0.3, 0.4) is 0 Å². The lowest BCUT2D eigenvalue weighted by Crippen LogP contribution is -2.49. The third kappa shape index (κ3) is 5.45. The Hall–Kier alpha value is -3.21. The van der Waals surface area contributed by atoms with Gasteiger partial charge in [-0.05, 0) is 30.5 Å². The Morgan fingerprint density at radius 1 is 1.06 bits per heavy atom. The highest BCUT2D eigenvalue weighted by Gasteiger charge is 2.46. The molecule has 4 rings (SSSR count). The standard InChI is InChI=1S/C26H26N2O6S2/c1-18-11-13-20(14-12-18)23-15-24(35-17-19-7-3-2-4-8-19)21(26(29)30)16-27(23)36(33,34)25-10-6-5-9-22(25)28(31)32/h2-14,21,23-24H,15-17H2,1H3,(H,29,30)/t21-,23+,24-/m1/s1. The van der Waals surface area contributed by atoms with Crippen molar-refractivity contribution in [2.24, 2.45) is 5.92 Å². The lowest BCUT2D eigenvalue weighted by atomic mass is 9.90. The Kier molecular flexibility index (Phi) is 7.77. The molecule has 0 spiro atoms. The van der Waals surface area contributed by atoms with Crippen LogP contribution in [-0.2, 0) is 20.6 Å². The molecule has 0 bridgehead atoms. The molecular formula is C26H26N2O6S2. The van der Waals surface area contributed by atoms with Gasteiger partial charge in [0.15, 0.2) is 4.90 Å². The summed E-state index contributed by atoms with van der Waals surface area (Å²) in [7, 11) is -4.38. The van der Waals surface area contributed by atoms with Crippen molar-refractivity contribution >= 4 is 33.4 Å². The first kappa shape index (κ1) is 25.9. The minimum Gasteiger partial charge on any atom is -0.481 e. The maximum Gasteiger partial charge on any atom is 0.308 e. The van der Waals surface area contributed by atoms with Gasteiger partial charge in [-0.3, -0.25) is 14.9 Å². The van der Waals surface area contributed by atoms with Gasteiger partial charge in [-0.2, -0.15) is 16.1 Å². The molecule has 0 unspecified atom stereocenters. The molecule has 36 heavy (non-hydrogen) atoms. The average molecular weight is 527 g/mol. The van der Waals surface area contributed by atoms with Gasteiger partial charge in [0.2, 0.25) is 10.0 Å². The fourth-order valence-electron chi connectivity index (χ4n) is 4.45. The number of nitro benzene ring substituents is 1. The van der Waals surface area contributed by atoms with Gasteiger partial charge in [-0.15, -0.1) is 0 Å². The van der Waals surface area contributed by atoms with Gasteiger partial charge in [-0.1, -0.05) is 72.3 Å². The van der Waals surface area contributed by atoms with E-state index in [1.165, 1.54) is 30.0 Å². The number of thioether (sulfide) groups is 1. The third-order valence-corrected chi connectivity index (χ3v) is 9.73. The van der Waals surface area contributed by atoms with E-state index in [-0.39, 0.29) is 18.2 Å². The third-order valence-electron chi connectivity index (χ3n) is 6.36. The summed E-state index contributed by atoms with van der Waals surface area (Å²) in [5.41, 5.74) is 2.24. The summed E-state index contributed by atoms with van der Waals surface area (Å²) in [4.78, 5) is 22.7. The van der Waals surface area contributed by atoms with Crippen LogP contribution in [0.2, 0.25) is 0 Å². The summed E-state index contributed by atoms with van der Waals surface area (Å²) in [6.07, 6.45) is 0.261. The summed E-state index contributed by atoms with van der Waals surface area (Å²) >= 11 is 1.49. The molecule has 1 N–H and O–H groups in total. The van der Waals surface area contributed by atoms with Crippen molar-refractivity contribution in [2.75, 3.05) is 6.54 Å². The fourth-order valence-corrected chi connectivity index (χ4v) is 7.61. The first-order valence-corrected chi connectivity index (χ1v) is 13.9. The molecular weight excluding hydrogens is 500 g/mol. The number of aryl methyl sites for hydroxylation is 1. The summed E-state index contributed by atoms with van der Waals surface area (Å²) in [6.45, 7) is 1.64. The van der Waals surface area contributed by atoms with Crippen LogP contribution < -0.4 is 0 Å². The van der Waals surface area contributed by atoms with Crippen LogP contribution in [0.15, 0.2) is 83.8 Å². The predicted octanol–water partition coefficient (Wildman–Crippen LogP) is 5.04. The van der Waals surface area contributed by atoms with Crippen molar-refractivity contribution in [3.63, 3.8) is 0 Å². The monoisotopic (exact) mass is 526 g/mol. The minimum atomic E-state index is -4.38. The molecule has 10 heteroatoms. The number of carboxylic acid groups (broad SMARTS) is 1. The molecule has 3 atom stereocenters. The molecule has 0 amide bonds. The molecule has 3 aromatic carbocycles. The van der Waals surface area contributed by atoms with Crippen LogP contribution in [0.1, 0.15) is 29.2 Å². The zero-order valence-corrected chi connectivity index (χ0v) is 21.2. The number of benzene rings is 3. The maximum absolute atomic E-state index is 13.8. The smallest absolute Gasteiger partial charge is 0.308 e. The summed E-state index contributed by atoms with van der Waals surface area (Å²) in [5.74, 6) is -1.48. The van der Waals surface area contributed by atoms with Gasteiger partial charge >= 0.3 is 5.97 Å². The summed E-state index contributed by atoms with van der Waals surface area (Å²) in [6, 6.07) is 21.6. The SMILES string of the molecule is Cc1ccc([C@@H]2C[C@@H](SCc3ccccc3)[C@H](C(=O)O)CN2S(=O)(=O)c2ccccc2[N+](=O)[O-])cc1. The average Bonchev–Trinajstić information content (AvgIpc) is 2.88. The molecule has 0 radical (unpaired) electrons. The largest absolute Gasteiger partial charge is 0.481 e. The number of nitrogens with zero attached hydrogens (tertiary/aromatic N) is 2. The lowest BCUT2D eigenvalue weighted by molar-refractivity contribution is -0.387. The normalized spacial score (nSPS) is 20.6. The first-order valence-electron chi connectivity index (χ1n) is 11.4. The molecule has 3 aromatic rings. The highest BCUT2D eigenvalue weighted by molar-refractivity contribution is 7.99. The Bertz CT molecular complexity index is 1350. The second kappa shape index (κ2) is 10.8. The topological polar surface area (TPSA) is 118 Å². The summed E-state index contributed by atoms with van der Waals surface area (Å²) in [5, 5.41) is 21.3. The van der Waals surface area contributed by atoms with Crippen molar-refractivity contribution in [1.29, 1.82) is 0 Å². The molecule has 0 saturated carbocycles. The van der Waals surface area contributed by atoms with E-state index >= 15 is 0 Å². The molecule has 1 fully saturated rings. The fraction of sp³-hybridized carbons (Fsp3) is 0.269. The van der Waals surface area contributed by atoms with E-state index in [1.54, 1.807) is 0 Å². The molecule has 0 aromatic heterocycles. The highest BCUT2D eigenvalue weighted by Crippen LogP contribution is 2.44. The van der Waals surface area contributed by atoms with Crippen molar-refractivity contribution < 1.29 is 23.2 Å². The second-order valence-corrected chi connectivity index (χ2v) is 11.8. The molecule has 1 saturated heterocycles. The predicted molar refractivity (Wildman–Crippen MR) is 138 cm³/mol. The number of hydrogen-bond donors (Lipinski definition) is 1. The van der Waals surface area contributed by atoms with Crippen molar-refractivity contribution in [3.8, 4) is 0 Å². The number of nitro groups is 1. The number of carbonyl (C=O) groups is 1. The van der Waals surface area contributed by atoms with E-state index in [2.05, 4.69) is 0 Å². The van der Waals surface area contributed by atoms with E-state index < -0.39 is 43.5 Å². The number of hydrogen-bond acceptors (Lipinski definition) is 6. The van der Waals surface area contributed by atoms with E-state index in [1.807, 2.05) is 61.5 Å². The Morgan fingerprint density at radius 2 is 1.69 bits per heavy atom. The maximum atomic E-state index is 13.8. The Labute approximate surface area is 214 Å². The lowest BCUT2D eigenvalue weighted by Gasteiger charge is -2.41. The molecule has 1 aliphatic rings. The minimum absolute atomic E-state index is 0.261. The van der Waals surface area contributed by atoms with E-state index in [0.29, 0.717) is 5.75 Å². The number of para-hydroxylation sites is 1. The van der Waals surface area contributed by atoms with E-state index in [4.69, 9.17) is 0 Å². The number of carboxylic acids is 1. The number of aliphatic carboxylic acids is 1. The van der Waals surface area contributed by atoms with Crippen molar-refractivity contribution in [2.45, 2.75) is 35.3 Å². The molecule has 8 nitrogen and oxygen atoms in total. The molecule has 188 valence electrons. The Morgan fingerprint density at radius 3 is 2.33 bits per heavy atom. The zero-order valence-electron chi connectivity index (χ0n) is 19.6. The van der Waals surface area contributed by atoms with Gasteiger partial charge in [0.25, 0.3) is 5.69 Å². The zero-order chi connectivity index (χ0) is 25.9. The van der Waals surface area contributed by atoms with Crippen LogP contribution in [0.25, 0.3) is 0 Å². The number of piperidine rings is 1. The van der Waals surface area contributed by atoms with Crippen LogP contribution in [0.5, 0.6) is 0 Å². The Balaban J connectivity index is 1.75. The number of sulfonamides is 1. The van der Waals surface area contributed by atoms with Crippen LogP contribution in [0.4, 0.5) is 5.69 Å². The van der Waals surface area contributed by atoms with E-state index in [9.17, 15) is 28.4 Å². The van der Waals surface area contributed by atoms with Gasteiger partial charge in [0.1, 0.15) is 0 Å². The quantitative estimate of drug-likeness (QED) is 0.323. The number of rotatable bonds is 8. The van der Waals surface area contributed by atoms with Crippen molar-refractivity contribution in [1.82, 2.24) is 4.31 Å². The van der Waals surface area contributed by atoms with Gasteiger partial charge in [-0.25, -0.2) is 8.42 Å². The second-order valence-electron chi connectivity index (χ2n) is 8.74. The van der Waals surface area contributed by atoms with E-state index in [0.717, 1.165) is 27.1 Å². The van der Waals surface area contributed by atoms with Crippen LogP contribution >= 0.6 is 11.8 Å². The highest BCUT2D eigenvalue weighted by atomic mass is 32.2. The molecule has 0 aliphatic carbocycles. The van der Waals surface area contributed by atoms with Crippen LogP contribution in [0, 0.1) is 23.0 Å². The summed E-state index contributed by atoms with van der Waals surface area (Å²) < 4.78 is 28.8. The van der Waals surface area contributed by atoms with Crippen LogP contribution in [-0.4, -0.2) is 40.5 Å². The van der Waals surface area contributed by atoms with Gasteiger partial charge in [0, 0.05) is 23.6 Å².